The van der Waals surface area contributed by atoms with Gasteiger partial charge in [-0.25, -0.2) is 8.78 Å². The van der Waals surface area contributed by atoms with E-state index in [0.717, 1.165) is 19.5 Å². The van der Waals surface area contributed by atoms with Gasteiger partial charge in [-0.15, -0.1) is 0 Å². The van der Waals surface area contributed by atoms with E-state index in [-0.39, 0.29) is 5.92 Å². The summed E-state index contributed by atoms with van der Waals surface area (Å²) in [5.41, 5.74) is 1.24. The summed E-state index contributed by atoms with van der Waals surface area (Å²) in [6.45, 7) is 3.73. The quantitative estimate of drug-likeness (QED) is 0.813. The van der Waals surface area contributed by atoms with E-state index in [0.29, 0.717) is 6.54 Å². The molecule has 1 fully saturated rings. The van der Waals surface area contributed by atoms with Gasteiger partial charge in [0.05, 0.1) is 0 Å². The molecular formula is C14H20F2N2. The van der Waals surface area contributed by atoms with E-state index in [1.54, 1.807) is 0 Å². The predicted octanol–water partition coefficient (Wildman–Crippen LogP) is 2.71. The molecular weight excluding hydrogens is 234 g/mol. The Labute approximate surface area is 107 Å². The van der Waals surface area contributed by atoms with Crippen LogP contribution < -0.4 is 5.32 Å². The van der Waals surface area contributed by atoms with E-state index in [4.69, 9.17) is 0 Å². The van der Waals surface area contributed by atoms with Crippen molar-refractivity contribution in [3.05, 3.63) is 35.9 Å². The number of benzene rings is 1. The summed E-state index contributed by atoms with van der Waals surface area (Å²) in [6.07, 6.45) is -1.75. The second-order valence-corrected chi connectivity index (χ2v) is 4.95. The molecule has 2 nitrogen and oxygen atoms in total. The first-order valence-corrected chi connectivity index (χ1v) is 6.45. The smallest absolute Gasteiger partial charge is 0.157 e. The number of alkyl halides is 2. The highest BCUT2D eigenvalue weighted by atomic mass is 19.2. The first-order valence-electron chi connectivity index (χ1n) is 6.45. The van der Waals surface area contributed by atoms with Gasteiger partial charge in [0.2, 0.25) is 0 Å². The summed E-state index contributed by atoms with van der Waals surface area (Å²) in [5, 5.41) is 2.31. The monoisotopic (exact) mass is 254 g/mol. The van der Waals surface area contributed by atoms with Gasteiger partial charge in [0.25, 0.3) is 0 Å². The third-order valence-corrected chi connectivity index (χ3v) is 3.36. The minimum atomic E-state index is -1.29. The molecule has 0 aromatic heterocycles. The highest BCUT2D eigenvalue weighted by Gasteiger charge is 2.30. The van der Waals surface area contributed by atoms with Crippen LogP contribution in [0.25, 0.3) is 0 Å². The van der Waals surface area contributed by atoms with Gasteiger partial charge in [0.15, 0.2) is 12.6 Å². The van der Waals surface area contributed by atoms with Crippen molar-refractivity contribution in [3.63, 3.8) is 0 Å². The molecule has 1 N–H and O–H groups in total. The van der Waals surface area contributed by atoms with Crippen LogP contribution >= 0.6 is 0 Å². The van der Waals surface area contributed by atoms with Gasteiger partial charge >= 0.3 is 0 Å². The number of halogens is 2. The third kappa shape index (κ3) is 3.75. The number of rotatable bonds is 5. The molecule has 4 heteroatoms. The minimum Gasteiger partial charge on any atom is -0.299 e. The van der Waals surface area contributed by atoms with Gasteiger partial charge in [0, 0.05) is 19.0 Å². The number of likely N-dealkylation sites (tertiary alicyclic amines) is 1. The van der Waals surface area contributed by atoms with Crippen LogP contribution in [0.15, 0.2) is 30.3 Å². The Bertz CT molecular complexity index is 356. The first kappa shape index (κ1) is 13.4. The summed E-state index contributed by atoms with van der Waals surface area (Å²) in [6, 6.07) is 10.1. The summed E-state index contributed by atoms with van der Waals surface area (Å²) >= 11 is 0. The Morgan fingerprint density at radius 3 is 2.72 bits per heavy atom. The fraction of sp³-hybridized carbons (Fsp3) is 0.571. The van der Waals surface area contributed by atoms with E-state index in [9.17, 15) is 8.78 Å². The van der Waals surface area contributed by atoms with Crippen molar-refractivity contribution in [2.75, 3.05) is 13.1 Å². The average molecular weight is 254 g/mol. The van der Waals surface area contributed by atoms with Crippen molar-refractivity contribution >= 4 is 0 Å². The van der Waals surface area contributed by atoms with Gasteiger partial charge < -0.3 is 0 Å². The molecule has 0 radical (unpaired) electrons. The Balaban J connectivity index is 1.81. The highest BCUT2D eigenvalue weighted by Crippen LogP contribution is 2.22. The van der Waals surface area contributed by atoms with E-state index >= 15 is 0 Å². The second-order valence-electron chi connectivity index (χ2n) is 4.95. The molecule has 0 aliphatic carbocycles. The standard InChI is InChI=1S/C14H20F2N2/c1-11(15)17-14(16)13-7-8-18(10-13)9-12-5-3-2-4-6-12/h2-6,11,13-14,17H,7-10H2,1H3. The average Bonchev–Trinajstić information content (AvgIpc) is 2.78. The predicted molar refractivity (Wildman–Crippen MR) is 68.4 cm³/mol. The Hall–Kier alpha value is -1.00. The third-order valence-electron chi connectivity index (χ3n) is 3.36. The van der Waals surface area contributed by atoms with E-state index in [1.807, 2.05) is 18.2 Å². The van der Waals surface area contributed by atoms with Crippen LogP contribution in [0, 0.1) is 5.92 Å². The zero-order valence-corrected chi connectivity index (χ0v) is 10.7. The fourth-order valence-electron chi connectivity index (χ4n) is 2.44. The Morgan fingerprint density at radius 2 is 2.06 bits per heavy atom. The lowest BCUT2D eigenvalue weighted by Gasteiger charge is -2.19. The fourth-order valence-corrected chi connectivity index (χ4v) is 2.44. The van der Waals surface area contributed by atoms with Crippen LogP contribution in [0.1, 0.15) is 18.9 Å². The van der Waals surface area contributed by atoms with Crippen LogP contribution in [0.2, 0.25) is 0 Å². The zero-order chi connectivity index (χ0) is 13.0. The molecule has 0 amide bonds. The SMILES string of the molecule is CC(F)NC(F)C1CCN(Cc2ccccc2)C1. The molecule has 1 aliphatic heterocycles. The molecule has 1 aliphatic rings. The van der Waals surface area contributed by atoms with Gasteiger partial charge in [-0.2, -0.15) is 0 Å². The maximum absolute atomic E-state index is 13.7. The minimum absolute atomic E-state index is 0.105. The molecule has 1 heterocycles. The first-order chi connectivity index (χ1) is 8.65. The van der Waals surface area contributed by atoms with Gasteiger partial charge in [-0.3, -0.25) is 10.2 Å². The normalized spacial score (nSPS) is 24.1. The lowest BCUT2D eigenvalue weighted by atomic mass is 10.1. The van der Waals surface area contributed by atoms with Crippen LogP contribution in [0.4, 0.5) is 8.78 Å². The van der Waals surface area contributed by atoms with Crippen molar-refractivity contribution < 1.29 is 8.78 Å². The van der Waals surface area contributed by atoms with Crippen molar-refractivity contribution in [2.45, 2.75) is 32.5 Å². The van der Waals surface area contributed by atoms with E-state index in [1.165, 1.54) is 12.5 Å². The molecule has 3 unspecified atom stereocenters. The van der Waals surface area contributed by atoms with E-state index in [2.05, 4.69) is 22.3 Å². The molecule has 1 saturated heterocycles. The number of nitrogens with one attached hydrogen (secondary N) is 1. The lowest BCUT2D eigenvalue weighted by molar-refractivity contribution is 0.126. The van der Waals surface area contributed by atoms with Crippen LogP contribution in [0.3, 0.4) is 0 Å². The second kappa shape index (κ2) is 6.25. The number of nitrogens with zero attached hydrogens (tertiary/aromatic N) is 1. The Morgan fingerprint density at radius 1 is 1.33 bits per heavy atom. The van der Waals surface area contributed by atoms with Crippen LogP contribution in [-0.2, 0) is 6.54 Å². The van der Waals surface area contributed by atoms with Crippen LogP contribution in [0.5, 0.6) is 0 Å². The molecule has 100 valence electrons. The molecule has 0 saturated carbocycles. The highest BCUT2D eigenvalue weighted by molar-refractivity contribution is 5.14. The van der Waals surface area contributed by atoms with Crippen molar-refractivity contribution in [1.82, 2.24) is 10.2 Å². The number of hydrogen-bond acceptors (Lipinski definition) is 2. The van der Waals surface area contributed by atoms with Gasteiger partial charge in [-0.05, 0) is 25.5 Å². The molecule has 1 aromatic rings. The molecule has 2 rings (SSSR count). The zero-order valence-electron chi connectivity index (χ0n) is 10.7. The summed E-state index contributed by atoms with van der Waals surface area (Å²) in [5.74, 6) is -0.105. The lowest BCUT2D eigenvalue weighted by Crippen LogP contribution is -2.37. The molecule has 1 aromatic carbocycles. The largest absolute Gasteiger partial charge is 0.299 e. The van der Waals surface area contributed by atoms with E-state index < -0.39 is 12.6 Å². The van der Waals surface area contributed by atoms with Gasteiger partial charge in [-0.1, -0.05) is 30.3 Å². The molecule has 0 bridgehead atoms. The van der Waals surface area contributed by atoms with Gasteiger partial charge in [0.1, 0.15) is 0 Å². The maximum atomic E-state index is 13.7. The number of hydrogen-bond donors (Lipinski definition) is 1. The van der Waals surface area contributed by atoms with Crippen molar-refractivity contribution in [1.29, 1.82) is 0 Å². The summed E-state index contributed by atoms with van der Waals surface area (Å²) < 4.78 is 26.4. The van der Waals surface area contributed by atoms with Crippen molar-refractivity contribution in [3.8, 4) is 0 Å². The Kier molecular flexibility index (Phi) is 4.66. The van der Waals surface area contributed by atoms with Crippen LogP contribution in [-0.4, -0.2) is 30.6 Å². The molecule has 0 spiro atoms. The maximum Gasteiger partial charge on any atom is 0.157 e. The van der Waals surface area contributed by atoms with Crippen molar-refractivity contribution in [2.24, 2.45) is 5.92 Å². The summed E-state index contributed by atoms with van der Waals surface area (Å²) in [7, 11) is 0. The molecule has 18 heavy (non-hydrogen) atoms. The summed E-state index contributed by atoms with van der Waals surface area (Å²) in [4.78, 5) is 2.22. The molecule has 3 atom stereocenters. The topological polar surface area (TPSA) is 15.3 Å².